The Bertz CT molecular complexity index is 389. The normalized spacial score (nSPS) is 12.0. The number of hydrogen-bond acceptors (Lipinski definition) is 5. The van der Waals surface area contributed by atoms with Crippen molar-refractivity contribution in [1.29, 1.82) is 0 Å². The first kappa shape index (κ1) is 13.2. The van der Waals surface area contributed by atoms with Crippen LogP contribution in [0.5, 0.6) is 0 Å². The number of hydrogen-bond donors (Lipinski definition) is 1. The highest BCUT2D eigenvalue weighted by Crippen LogP contribution is 2.20. The predicted octanol–water partition coefficient (Wildman–Crippen LogP) is 2.26. The summed E-state index contributed by atoms with van der Waals surface area (Å²) in [6.07, 6.45) is 1.51. The van der Waals surface area contributed by atoms with Crippen molar-refractivity contribution in [2.45, 2.75) is 19.9 Å². The van der Waals surface area contributed by atoms with Crippen molar-refractivity contribution in [2.24, 2.45) is 0 Å². The molecule has 1 atom stereocenters. The highest BCUT2D eigenvalue weighted by molar-refractivity contribution is 9.10. The average Bonchev–Trinajstić information content (AvgIpc) is 2.23. The average molecular weight is 309 g/mol. The first-order chi connectivity index (χ1) is 7.54. The highest BCUT2D eigenvalue weighted by Gasteiger charge is 2.15. The molecule has 1 aromatic rings. The molecule has 1 heterocycles. The van der Waals surface area contributed by atoms with Gasteiger partial charge in [0.15, 0.2) is 0 Å². The molecule has 0 aliphatic rings. The molecule has 0 spiro atoms. The summed E-state index contributed by atoms with van der Waals surface area (Å²) in [7, 11) is 0. The summed E-state index contributed by atoms with van der Waals surface area (Å²) in [6.45, 7) is 3.78. The molecular formula is C9H11BrClN3O2. The Hall–Kier alpha value is -0.880. The van der Waals surface area contributed by atoms with Gasteiger partial charge in [0, 0.05) is 6.20 Å². The molecule has 0 aliphatic carbocycles. The summed E-state index contributed by atoms with van der Waals surface area (Å²) in [5, 5.41) is 2.99. The van der Waals surface area contributed by atoms with E-state index in [0.717, 1.165) is 0 Å². The van der Waals surface area contributed by atoms with E-state index in [1.165, 1.54) is 6.20 Å². The second-order valence-corrected chi connectivity index (χ2v) is 4.15. The summed E-state index contributed by atoms with van der Waals surface area (Å²) >= 11 is 8.89. The zero-order chi connectivity index (χ0) is 12.1. The van der Waals surface area contributed by atoms with Crippen LogP contribution in [0, 0.1) is 0 Å². The van der Waals surface area contributed by atoms with Crippen molar-refractivity contribution in [2.75, 3.05) is 11.9 Å². The minimum Gasteiger partial charge on any atom is -0.464 e. The minimum absolute atomic E-state index is 0.113. The van der Waals surface area contributed by atoms with Gasteiger partial charge in [0.25, 0.3) is 0 Å². The van der Waals surface area contributed by atoms with E-state index >= 15 is 0 Å². The third-order valence-corrected chi connectivity index (χ3v) is 2.47. The Balaban J connectivity index is 2.72. The van der Waals surface area contributed by atoms with Crippen LogP contribution in [0.25, 0.3) is 0 Å². The Labute approximate surface area is 107 Å². The van der Waals surface area contributed by atoms with Crippen LogP contribution in [-0.2, 0) is 9.53 Å². The molecule has 0 saturated heterocycles. The summed E-state index contributed by atoms with van der Waals surface area (Å²) in [6, 6.07) is -0.498. The number of esters is 1. The van der Waals surface area contributed by atoms with Gasteiger partial charge in [0.05, 0.1) is 11.1 Å². The fraction of sp³-hybridized carbons (Fsp3) is 0.444. The van der Waals surface area contributed by atoms with Gasteiger partial charge in [-0.3, -0.25) is 0 Å². The lowest BCUT2D eigenvalue weighted by molar-refractivity contribution is -0.143. The maximum Gasteiger partial charge on any atom is 0.328 e. The summed E-state index contributed by atoms with van der Waals surface area (Å²) in [5.74, 6) is 0.115. The second kappa shape index (κ2) is 6.00. The van der Waals surface area contributed by atoms with Crippen LogP contribution in [0.4, 0.5) is 5.82 Å². The standard InChI is InChI=1S/C9H11BrClN3O2/c1-3-16-8(15)5(2)13-7-6(10)4-12-9(11)14-7/h4-5H,3H2,1-2H3,(H,12,13,14). The molecule has 0 amide bonds. The third-order valence-electron chi connectivity index (χ3n) is 1.71. The Morgan fingerprint density at radius 2 is 2.44 bits per heavy atom. The van der Waals surface area contributed by atoms with Gasteiger partial charge >= 0.3 is 5.97 Å². The monoisotopic (exact) mass is 307 g/mol. The molecule has 88 valence electrons. The lowest BCUT2D eigenvalue weighted by atomic mass is 10.3. The Morgan fingerprint density at radius 3 is 3.06 bits per heavy atom. The molecule has 1 N–H and O–H groups in total. The van der Waals surface area contributed by atoms with Crippen molar-refractivity contribution >= 4 is 39.3 Å². The molecule has 1 rings (SSSR count). The molecule has 0 saturated carbocycles. The van der Waals surface area contributed by atoms with Gasteiger partial charge in [0.1, 0.15) is 11.9 Å². The maximum atomic E-state index is 11.4. The number of carbonyl (C=O) groups is 1. The molecule has 16 heavy (non-hydrogen) atoms. The number of anilines is 1. The van der Waals surface area contributed by atoms with E-state index in [1.807, 2.05) is 0 Å². The molecule has 0 fully saturated rings. The van der Waals surface area contributed by atoms with Crippen LogP contribution in [0.3, 0.4) is 0 Å². The fourth-order valence-corrected chi connectivity index (χ4v) is 1.42. The SMILES string of the molecule is CCOC(=O)C(C)Nc1nc(Cl)ncc1Br. The molecule has 0 aromatic carbocycles. The molecular weight excluding hydrogens is 297 g/mol. The van der Waals surface area contributed by atoms with E-state index in [4.69, 9.17) is 16.3 Å². The number of aromatic nitrogens is 2. The number of nitrogens with one attached hydrogen (secondary N) is 1. The largest absolute Gasteiger partial charge is 0.464 e. The first-order valence-corrected chi connectivity index (χ1v) is 5.83. The molecule has 7 heteroatoms. The van der Waals surface area contributed by atoms with Crippen LogP contribution < -0.4 is 5.32 Å². The number of rotatable bonds is 4. The third kappa shape index (κ3) is 3.61. The maximum absolute atomic E-state index is 11.4. The van der Waals surface area contributed by atoms with Gasteiger partial charge in [-0.25, -0.2) is 9.78 Å². The molecule has 1 unspecified atom stereocenters. The van der Waals surface area contributed by atoms with Gasteiger partial charge in [-0.1, -0.05) is 0 Å². The molecule has 1 aromatic heterocycles. The first-order valence-electron chi connectivity index (χ1n) is 4.65. The van der Waals surface area contributed by atoms with Crippen molar-refractivity contribution < 1.29 is 9.53 Å². The fourth-order valence-electron chi connectivity index (χ4n) is 0.978. The van der Waals surface area contributed by atoms with Crippen molar-refractivity contribution in [3.05, 3.63) is 16.0 Å². The highest BCUT2D eigenvalue weighted by atomic mass is 79.9. The van der Waals surface area contributed by atoms with Gasteiger partial charge < -0.3 is 10.1 Å². The lowest BCUT2D eigenvalue weighted by Gasteiger charge is -2.13. The van der Waals surface area contributed by atoms with Crippen LogP contribution in [0.15, 0.2) is 10.7 Å². The lowest BCUT2D eigenvalue weighted by Crippen LogP contribution is -2.28. The minimum atomic E-state index is -0.498. The zero-order valence-corrected chi connectivity index (χ0v) is 11.2. The van der Waals surface area contributed by atoms with Crippen LogP contribution in [0.2, 0.25) is 5.28 Å². The van der Waals surface area contributed by atoms with E-state index in [2.05, 4.69) is 31.2 Å². The number of carbonyl (C=O) groups excluding carboxylic acids is 1. The van der Waals surface area contributed by atoms with Gasteiger partial charge in [-0.2, -0.15) is 4.98 Å². The molecule has 0 bridgehead atoms. The summed E-state index contributed by atoms with van der Waals surface area (Å²) < 4.78 is 5.49. The molecule has 5 nitrogen and oxygen atoms in total. The van der Waals surface area contributed by atoms with Crippen LogP contribution >= 0.6 is 27.5 Å². The van der Waals surface area contributed by atoms with Crippen molar-refractivity contribution in [3.8, 4) is 0 Å². The van der Waals surface area contributed by atoms with E-state index in [1.54, 1.807) is 13.8 Å². The van der Waals surface area contributed by atoms with Gasteiger partial charge in [0.2, 0.25) is 5.28 Å². The topological polar surface area (TPSA) is 64.1 Å². The van der Waals surface area contributed by atoms with Crippen molar-refractivity contribution in [3.63, 3.8) is 0 Å². The van der Waals surface area contributed by atoms with Crippen LogP contribution in [0.1, 0.15) is 13.8 Å². The van der Waals surface area contributed by atoms with E-state index in [9.17, 15) is 4.79 Å². The summed E-state index contributed by atoms with van der Waals surface area (Å²) in [5.41, 5.74) is 0. The molecule has 0 radical (unpaired) electrons. The quantitative estimate of drug-likeness (QED) is 0.683. The number of halogens is 2. The van der Waals surface area contributed by atoms with Gasteiger partial charge in [-0.15, -0.1) is 0 Å². The summed E-state index contributed by atoms with van der Waals surface area (Å²) in [4.78, 5) is 19.1. The number of nitrogens with zero attached hydrogens (tertiary/aromatic N) is 2. The van der Waals surface area contributed by atoms with Crippen LogP contribution in [-0.4, -0.2) is 28.6 Å². The second-order valence-electron chi connectivity index (χ2n) is 2.95. The Morgan fingerprint density at radius 1 is 1.75 bits per heavy atom. The van der Waals surface area contributed by atoms with E-state index in [-0.39, 0.29) is 11.3 Å². The predicted molar refractivity (Wildman–Crippen MR) is 64.5 cm³/mol. The molecule has 0 aliphatic heterocycles. The van der Waals surface area contributed by atoms with E-state index in [0.29, 0.717) is 16.9 Å². The Kier molecular flexibility index (Phi) is 4.95. The zero-order valence-electron chi connectivity index (χ0n) is 8.83. The number of ether oxygens (including phenoxy) is 1. The van der Waals surface area contributed by atoms with E-state index < -0.39 is 6.04 Å². The smallest absolute Gasteiger partial charge is 0.328 e. The van der Waals surface area contributed by atoms with Crippen molar-refractivity contribution in [1.82, 2.24) is 9.97 Å². The van der Waals surface area contributed by atoms with Gasteiger partial charge in [-0.05, 0) is 41.4 Å².